The number of amides is 3. The number of ether oxygens (including phenoxy) is 1. The maximum absolute atomic E-state index is 13.2. The lowest BCUT2D eigenvalue weighted by atomic mass is 10.0. The van der Waals surface area contributed by atoms with Crippen molar-refractivity contribution in [2.45, 2.75) is 25.4 Å². The summed E-state index contributed by atoms with van der Waals surface area (Å²) < 4.78 is 4.65. The highest BCUT2D eigenvalue weighted by atomic mass is 16.5. The van der Waals surface area contributed by atoms with Gasteiger partial charge in [-0.3, -0.25) is 24.7 Å². The number of benzene rings is 1. The number of para-hydroxylation sites is 1. The summed E-state index contributed by atoms with van der Waals surface area (Å²) in [5, 5.41) is 3.46. The lowest BCUT2D eigenvalue weighted by Gasteiger charge is -2.45. The highest BCUT2D eigenvalue weighted by Gasteiger charge is 2.57. The second-order valence-electron chi connectivity index (χ2n) is 7.61. The summed E-state index contributed by atoms with van der Waals surface area (Å²) in [5.41, 5.74) is 1.06. The molecule has 3 aliphatic rings. The van der Waals surface area contributed by atoms with Crippen LogP contribution < -0.4 is 10.2 Å². The van der Waals surface area contributed by atoms with E-state index in [0.717, 1.165) is 23.7 Å². The predicted octanol–water partition coefficient (Wildman–Crippen LogP) is 0.0932. The summed E-state index contributed by atoms with van der Waals surface area (Å²) in [4.78, 5) is 44.4. The van der Waals surface area contributed by atoms with Crippen LogP contribution >= 0.6 is 0 Å². The Labute approximate surface area is 163 Å². The lowest BCUT2D eigenvalue weighted by molar-refractivity contribution is -0.149. The second kappa shape index (κ2) is 7.06. The average Bonchev–Trinajstić information content (AvgIpc) is 3.09. The van der Waals surface area contributed by atoms with Crippen molar-refractivity contribution >= 4 is 23.6 Å². The van der Waals surface area contributed by atoms with Crippen LogP contribution in [0.2, 0.25) is 0 Å². The maximum Gasteiger partial charge on any atom is 0.328 e. The SMILES string of the molecule is COC(=O)CN1C(=O)C2C(NC3N(c4ccccc4)CC(C)CN23)N(C)C1=O. The first-order chi connectivity index (χ1) is 13.4. The Morgan fingerprint density at radius 3 is 2.61 bits per heavy atom. The number of anilines is 1. The first-order valence-electron chi connectivity index (χ1n) is 9.41. The fourth-order valence-corrected chi connectivity index (χ4v) is 4.38. The van der Waals surface area contributed by atoms with E-state index in [1.165, 1.54) is 12.0 Å². The molecule has 1 N–H and O–H groups in total. The Balaban J connectivity index is 1.66. The Kier molecular flexibility index (Phi) is 4.72. The van der Waals surface area contributed by atoms with Crippen LogP contribution in [0.4, 0.5) is 10.5 Å². The molecule has 0 saturated carbocycles. The van der Waals surface area contributed by atoms with Gasteiger partial charge >= 0.3 is 12.0 Å². The van der Waals surface area contributed by atoms with Gasteiger partial charge in [0, 0.05) is 25.8 Å². The molecule has 0 spiro atoms. The van der Waals surface area contributed by atoms with Crippen LogP contribution in [0.3, 0.4) is 0 Å². The van der Waals surface area contributed by atoms with Crippen LogP contribution in [0.5, 0.6) is 0 Å². The number of nitrogens with zero attached hydrogens (tertiary/aromatic N) is 4. The number of carbonyl (C=O) groups excluding carboxylic acids is 3. The molecular weight excluding hydrogens is 362 g/mol. The average molecular weight is 387 g/mol. The molecule has 4 unspecified atom stereocenters. The lowest BCUT2D eigenvalue weighted by Crippen LogP contribution is -2.67. The van der Waals surface area contributed by atoms with Gasteiger partial charge in [-0.05, 0) is 18.1 Å². The van der Waals surface area contributed by atoms with Crippen LogP contribution in [0.1, 0.15) is 6.92 Å². The largest absolute Gasteiger partial charge is 0.468 e. The van der Waals surface area contributed by atoms with E-state index in [4.69, 9.17) is 0 Å². The Morgan fingerprint density at radius 2 is 1.93 bits per heavy atom. The van der Waals surface area contributed by atoms with E-state index in [-0.39, 0.29) is 18.7 Å². The summed E-state index contributed by atoms with van der Waals surface area (Å²) >= 11 is 0. The number of imide groups is 1. The number of likely N-dealkylation sites (N-methyl/N-ethyl adjacent to an activating group) is 1. The van der Waals surface area contributed by atoms with Gasteiger partial charge in [0.2, 0.25) is 0 Å². The maximum atomic E-state index is 13.2. The molecular formula is C19H25N5O4. The van der Waals surface area contributed by atoms with Gasteiger partial charge < -0.3 is 14.5 Å². The van der Waals surface area contributed by atoms with E-state index in [1.807, 2.05) is 30.3 Å². The fourth-order valence-electron chi connectivity index (χ4n) is 4.38. The van der Waals surface area contributed by atoms with Gasteiger partial charge in [-0.25, -0.2) is 4.79 Å². The normalized spacial score (nSPS) is 30.3. The minimum Gasteiger partial charge on any atom is -0.468 e. The number of nitrogens with one attached hydrogen (secondary N) is 1. The van der Waals surface area contributed by atoms with Crippen molar-refractivity contribution in [3.05, 3.63) is 30.3 Å². The van der Waals surface area contributed by atoms with E-state index in [9.17, 15) is 14.4 Å². The third-order valence-corrected chi connectivity index (χ3v) is 5.69. The first kappa shape index (κ1) is 18.7. The van der Waals surface area contributed by atoms with Crippen LogP contribution in [0.25, 0.3) is 0 Å². The third kappa shape index (κ3) is 2.91. The molecule has 28 heavy (non-hydrogen) atoms. The van der Waals surface area contributed by atoms with E-state index >= 15 is 0 Å². The van der Waals surface area contributed by atoms with Crippen molar-refractivity contribution in [3.8, 4) is 0 Å². The van der Waals surface area contributed by atoms with E-state index in [0.29, 0.717) is 5.92 Å². The summed E-state index contributed by atoms with van der Waals surface area (Å²) in [6.45, 7) is 3.34. The molecule has 3 heterocycles. The van der Waals surface area contributed by atoms with E-state index in [1.54, 1.807) is 7.05 Å². The quantitative estimate of drug-likeness (QED) is 0.736. The van der Waals surface area contributed by atoms with E-state index in [2.05, 4.69) is 26.8 Å². The van der Waals surface area contributed by atoms with Crippen molar-refractivity contribution in [1.29, 1.82) is 0 Å². The zero-order chi connectivity index (χ0) is 20.0. The number of fused-ring (bicyclic) bond motifs is 3. The van der Waals surface area contributed by atoms with E-state index < -0.39 is 24.2 Å². The van der Waals surface area contributed by atoms with Gasteiger partial charge in [-0.1, -0.05) is 25.1 Å². The smallest absolute Gasteiger partial charge is 0.328 e. The minimum atomic E-state index is -0.617. The predicted molar refractivity (Wildman–Crippen MR) is 101 cm³/mol. The molecule has 1 aromatic rings. The highest BCUT2D eigenvalue weighted by molar-refractivity contribution is 6.02. The van der Waals surface area contributed by atoms with Gasteiger partial charge in [0.1, 0.15) is 25.0 Å². The molecule has 4 atom stereocenters. The molecule has 150 valence electrons. The summed E-state index contributed by atoms with van der Waals surface area (Å²) in [5.74, 6) is -0.647. The molecule has 3 amide bonds. The van der Waals surface area contributed by atoms with Crippen LogP contribution in [0, 0.1) is 5.92 Å². The number of hydrogen-bond acceptors (Lipinski definition) is 7. The standard InChI is InChI=1S/C19H25N5O4/c1-12-9-22(13-7-5-4-6-8-13)18-20-16-15(23(18)10-12)17(26)24(11-14(25)28-3)19(27)21(16)2/h4-8,12,15-16,18,20H,9-11H2,1-3H3. The number of rotatable bonds is 3. The molecule has 4 rings (SSSR count). The van der Waals surface area contributed by atoms with Crippen LogP contribution in [-0.2, 0) is 14.3 Å². The molecule has 3 aliphatic heterocycles. The van der Waals surface area contributed by atoms with Gasteiger partial charge in [0.05, 0.1) is 7.11 Å². The monoisotopic (exact) mass is 387 g/mol. The number of methoxy groups -OCH3 is 1. The fraction of sp³-hybridized carbons (Fsp3) is 0.526. The molecule has 9 nitrogen and oxygen atoms in total. The van der Waals surface area contributed by atoms with Crippen LogP contribution in [0.15, 0.2) is 30.3 Å². The van der Waals surface area contributed by atoms with Gasteiger partial charge in [0.25, 0.3) is 5.91 Å². The minimum absolute atomic E-state index is 0.203. The van der Waals surface area contributed by atoms with Gasteiger partial charge in [-0.2, -0.15) is 0 Å². The van der Waals surface area contributed by atoms with Crippen molar-refractivity contribution in [3.63, 3.8) is 0 Å². The van der Waals surface area contributed by atoms with Crippen molar-refractivity contribution in [1.82, 2.24) is 20.0 Å². The zero-order valence-electron chi connectivity index (χ0n) is 16.2. The Bertz CT molecular complexity index is 788. The third-order valence-electron chi connectivity index (χ3n) is 5.69. The summed E-state index contributed by atoms with van der Waals surface area (Å²) in [7, 11) is 2.89. The first-order valence-corrected chi connectivity index (χ1v) is 9.41. The number of esters is 1. The highest BCUT2D eigenvalue weighted by Crippen LogP contribution is 2.34. The van der Waals surface area contributed by atoms with Gasteiger partial charge in [0.15, 0.2) is 0 Å². The molecule has 0 radical (unpaired) electrons. The molecule has 9 heteroatoms. The number of urea groups is 1. The van der Waals surface area contributed by atoms with Gasteiger partial charge in [-0.15, -0.1) is 0 Å². The number of hydrogen-bond donors (Lipinski definition) is 1. The second-order valence-corrected chi connectivity index (χ2v) is 7.61. The Hall–Kier alpha value is -2.65. The summed E-state index contributed by atoms with van der Waals surface area (Å²) in [6.07, 6.45) is -0.652. The molecule has 0 bridgehead atoms. The molecule has 1 aromatic carbocycles. The van der Waals surface area contributed by atoms with Crippen molar-refractivity contribution in [2.24, 2.45) is 5.92 Å². The number of carbonyl (C=O) groups is 3. The molecule has 0 aliphatic carbocycles. The van der Waals surface area contributed by atoms with Crippen molar-refractivity contribution < 1.29 is 19.1 Å². The van der Waals surface area contributed by atoms with Crippen molar-refractivity contribution in [2.75, 3.05) is 38.7 Å². The molecule has 3 saturated heterocycles. The molecule has 3 fully saturated rings. The zero-order valence-corrected chi connectivity index (χ0v) is 16.2. The topological polar surface area (TPSA) is 85.4 Å². The Morgan fingerprint density at radius 1 is 1.21 bits per heavy atom. The summed E-state index contributed by atoms with van der Waals surface area (Å²) in [6, 6.07) is 8.98. The van der Waals surface area contributed by atoms with Crippen LogP contribution in [-0.4, -0.2) is 84.9 Å². The molecule has 0 aromatic heterocycles.